The summed E-state index contributed by atoms with van der Waals surface area (Å²) in [5, 5.41) is 0. The molecule has 2 rings (SSSR count). The highest BCUT2D eigenvalue weighted by Gasteiger charge is 2.03. The van der Waals surface area contributed by atoms with Crippen molar-refractivity contribution in [1.82, 2.24) is 19.5 Å². The van der Waals surface area contributed by atoms with Crippen LogP contribution in [-0.2, 0) is 0 Å². The Bertz CT molecular complexity index is 439. The number of aryl methyl sites for hydroxylation is 1. The Balaban J connectivity index is 2.40. The van der Waals surface area contributed by atoms with Crippen LogP contribution in [0.15, 0.2) is 24.8 Å². The predicted molar refractivity (Wildman–Crippen MR) is 55.1 cm³/mol. The molecule has 0 saturated heterocycles. The molecule has 0 aliphatic rings. The van der Waals surface area contributed by atoms with Gasteiger partial charge in [-0.25, -0.2) is 9.97 Å². The van der Waals surface area contributed by atoms with E-state index in [2.05, 4.69) is 15.0 Å². The maximum Gasteiger partial charge on any atom is 0.238 e. The molecule has 0 spiro atoms. The quantitative estimate of drug-likeness (QED) is 0.757. The van der Waals surface area contributed by atoms with E-state index in [0.717, 1.165) is 5.69 Å². The van der Waals surface area contributed by atoms with Crippen LogP contribution in [0.4, 0.5) is 0 Å². The van der Waals surface area contributed by atoms with E-state index in [0.29, 0.717) is 18.4 Å². The molecule has 0 atom stereocenters. The highest BCUT2D eigenvalue weighted by Crippen LogP contribution is 2.11. The third-order valence-corrected chi connectivity index (χ3v) is 1.85. The van der Waals surface area contributed by atoms with E-state index < -0.39 is 0 Å². The number of imidazole rings is 1. The van der Waals surface area contributed by atoms with Gasteiger partial charge >= 0.3 is 0 Å². The average Bonchev–Trinajstić information content (AvgIpc) is 2.70. The Morgan fingerprint density at radius 2 is 2.27 bits per heavy atom. The van der Waals surface area contributed by atoms with Crippen molar-refractivity contribution < 1.29 is 4.74 Å². The zero-order chi connectivity index (χ0) is 10.7. The zero-order valence-corrected chi connectivity index (χ0v) is 8.71. The van der Waals surface area contributed by atoms with Crippen LogP contribution in [0.25, 0.3) is 5.95 Å². The SMILES string of the molecule is CCOc1cc(C)nc(-n2ccnc2)n1. The minimum atomic E-state index is 0.580. The van der Waals surface area contributed by atoms with Crippen molar-refractivity contribution >= 4 is 0 Å². The molecule has 0 radical (unpaired) electrons. The fourth-order valence-corrected chi connectivity index (χ4v) is 1.24. The molecule has 0 bridgehead atoms. The van der Waals surface area contributed by atoms with Gasteiger partial charge in [0.2, 0.25) is 11.8 Å². The zero-order valence-electron chi connectivity index (χ0n) is 8.71. The van der Waals surface area contributed by atoms with Gasteiger partial charge in [-0.3, -0.25) is 4.57 Å². The Morgan fingerprint density at radius 1 is 1.40 bits per heavy atom. The molecule has 2 aromatic rings. The summed E-state index contributed by atoms with van der Waals surface area (Å²) in [5.41, 5.74) is 0.872. The summed E-state index contributed by atoms with van der Waals surface area (Å²) < 4.78 is 7.09. The van der Waals surface area contributed by atoms with Crippen molar-refractivity contribution in [3.05, 3.63) is 30.5 Å². The number of rotatable bonds is 3. The molecule has 5 nitrogen and oxygen atoms in total. The van der Waals surface area contributed by atoms with Gasteiger partial charge in [-0.15, -0.1) is 0 Å². The molecule has 2 heterocycles. The highest BCUT2D eigenvalue weighted by molar-refractivity contribution is 5.22. The van der Waals surface area contributed by atoms with Crippen LogP contribution in [-0.4, -0.2) is 26.1 Å². The first kappa shape index (κ1) is 9.64. The Hall–Kier alpha value is -1.91. The molecule has 0 unspecified atom stereocenters. The molecule has 2 aromatic heterocycles. The lowest BCUT2D eigenvalue weighted by Crippen LogP contribution is -2.03. The van der Waals surface area contributed by atoms with E-state index in [-0.39, 0.29) is 0 Å². The van der Waals surface area contributed by atoms with Gasteiger partial charge in [0.1, 0.15) is 6.33 Å². The fourth-order valence-electron chi connectivity index (χ4n) is 1.24. The van der Waals surface area contributed by atoms with Crippen molar-refractivity contribution in [1.29, 1.82) is 0 Å². The number of aromatic nitrogens is 4. The summed E-state index contributed by atoms with van der Waals surface area (Å²) in [4.78, 5) is 12.5. The fraction of sp³-hybridized carbons (Fsp3) is 0.300. The Labute approximate surface area is 87.8 Å². The first-order valence-electron chi connectivity index (χ1n) is 4.76. The van der Waals surface area contributed by atoms with E-state index in [1.54, 1.807) is 23.3 Å². The standard InChI is InChI=1S/C10H12N4O/c1-3-15-9-6-8(2)12-10(13-9)14-5-4-11-7-14/h4-7H,3H2,1-2H3. The van der Waals surface area contributed by atoms with Crippen LogP contribution in [0, 0.1) is 6.92 Å². The normalized spacial score (nSPS) is 10.3. The van der Waals surface area contributed by atoms with Gasteiger partial charge in [0, 0.05) is 24.2 Å². The van der Waals surface area contributed by atoms with Crippen LogP contribution in [0.3, 0.4) is 0 Å². The summed E-state index contributed by atoms with van der Waals surface area (Å²) in [6.07, 6.45) is 5.14. The Kier molecular flexibility index (Phi) is 2.62. The van der Waals surface area contributed by atoms with Crippen LogP contribution in [0.2, 0.25) is 0 Å². The van der Waals surface area contributed by atoms with Crippen molar-refractivity contribution in [2.45, 2.75) is 13.8 Å². The van der Waals surface area contributed by atoms with E-state index in [1.165, 1.54) is 0 Å². The maximum atomic E-state index is 5.34. The van der Waals surface area contributed by atoms with Crippen LogP contribution in [0.5, 0.6) is 5.88 Å². The van der Waals surface area contributed by atoms with Gasteiger partial charge in [0.25, 0.3) is 0 Å². The lowest BCUT2D eigenvalue weighted by Gasteiger charge is -2.05. The molecule has 15 heavy (non-hydrogen) atoms. The van der Waals surface area contributed by atoms with Crippen molar-refractivity contribution in [3.63, 3.8) is 0 Å². The molecule has 0 aliphatic carbocycles. The number of hydrogen-bond donors (Lipinski definition) is 0. The number of hydrogen-bond acceptors (Lipinski definition) is 4. The topological polar surface area (TPSA) is 52.8 Å². The van der Waals surface area contributed by atoms with E-state index in [9.17, 15) is 0 Å². The number of ether oxygens (including phenoxy) is 1. The van der Waals surface area contributed by atoms with Crippen LogP contribution in [0.1, 0.15) is 12.6 Å². The van der Waals surface area contributed by atoms with Crippen LogP contribution >= 0.6 is 0 Å². The van der Waals surface area contributed by atoms with E-state index in [4.69, 9.17) is 4.74 Å². The van der Waals surface area contributed by atoms with Crippen molar-refractivity contribution in [2.75, 3.05) is 6.61 Å². The predicted octanol–water partition coefficient (Wildman–Crippen LogP) is 1.37. The average molecular weight is 204 g/mol. The lowest BCUT2D eigenvalue weighted by atomic mass is 10.4. The smallest absolute Gasteiger partial charge is 0.238 e. The minimum absolute atomic E-state index is 0.580. The monoisotopic (exact) mass is 204 g/mol. The summed E-state index contributed by atoms with van der Waals surface area (Å²) in [6, 6.07) is 1.81. The van der Waals surface area contributed by atoms with Gasteiger partial charge in [-0.2, -0.15) is 4.98 Å². The molecular formula is C10H12N4O. The second-order valence-corrected chi connectivity index (χ2v) is 3.05. The van der Waals surface area contributed by atoms with Crippen molar-refractivity contribution in [2.24, 2.45) is 0 Å². The Morgan fingerprint density at radius 3 is 2.93 bits per heavy atom. The second kappa shape index (κ2) is 4.08. The molecule has 0 amide bonds. The maximum absolute atomic E-state index is 5.34. The minimum Gasteiger partial charge on any atom is -0.478 e. The summed E-state index contributed by atoms with van der Waals surface area (Å²) in [6.45, 7) is 4.43. The summed E-state index contributed by atoms with van der Waals surface area (Å²) >= 11 is 0. The second-order valence-electron chi connectivity index (χ2n) is 3.05. The molecule has 78 valence electrons. The first-order valence-corrected chi connectivity index (χ1v) is 4.76. The van der Waals surface area contributed by atoms with Crippen LogP contribution < -0.4 is 4.74 Å². The van der Waals surface area contributed by atoms with Crippen molar-refractivity contribution in [3.8, 4) is 11.8 Å². The molecule has 0 saturated carbocycles. The summed E-state index contributed by atoms with van der Waals surface area (Å²) in [5.74, 6) is 1.17. The molecule has 0 fully saturated rings. The molecule has 0 aromatic carbocycles. The largest absolute Gasteiger partial charge is 0.478 e. The van der Waals surface area contributed by atoms with E-state index in [1.807, 2.05) is 19.9 Å². The van der Waals surface area contributed by atoms with Gasteiger partial charge in [0.05, 0.1) is 6.61 Å². The third kappa shape index (κ3) is 2.12. The number of nitrogens with zero attached hydrogens (tertiary/aromatic N) is 4. The lowest BCUT2D eigenvalue weighted by molar-refractivity contribution is 0.325. The van der Waals surface area contributed by atoms with Gasteiger partial charge in [0.15, 0.2) is 0 Å². The molecule has 0 aliphatic heterocycles. The van der Waals surface area contributed by atoms with Gasteiger partial charge in [-0.1, -0.05) is 0 Å². The van der Waals surface area contributed by atoms with E-state index >= 15 is 0 Å². The van der Waals surface area contributed by atoms with Gasteiger partial charge in [-0.05, 0) is 13.8 Å². The summed E-state index contributed by atoms with van der Waals surface area (Å²) in [7, 11) is 0. The first-order chi connectivity index (χ1) is 7.29. The molecular weight excluding hydrogens is 192 g/mol. The highest BCUT2D eigenvalue weighted by atomic mass is 16.5. The molecule has 0 N–H and O–H groups in total. The molecule has 5 heteroatoms. The third-order valence-electron chi connectivity index (χ3n) is 1.85. The van der Waals surface area contributed by atoms with Gasteiger partial charge < -0.3 is 4.74 Å².